The van der Waals surface area contributed by atoms with E-state index in [1.807, 2.05) is 18.2 Å². The molecular formula is C29H31F3N6O2. The maximum Gasteiger partial charge on any atom is 0.417 e. The Kier molecular flexibility index (Phi) is 7.24. The van der Waals surface area contributed by atoms with Crippen molar-refractivity contribution in [2.75, 3.05) is 56.7 Å². The Morgan fingerprint density at radius 1 is 0.975 bits per heavy atom. The number of piperidine rings is 1. The van der Waals surface area contributed by atoms with Gasteiger partial charge in [0.15, 0.2) is 0 Å². The number of anilines is 3. The summed E-state index contributed by atoms with van der Waals surface area (Å²) in [5, 5.41) is 7.70. The first-order chi connectivity index (χ1) is 19.4. The number of nitrogens with zero attached hydrogens (tertiary/aromatic N) is 5. The van der Waals surface area contributed by atoms with Gasteiger partial charge in [0.25, 0.3) is 0 Å². The van der Waals surface area contributed by atoms with Gasteiger partial charge in [-0.1, -0.05) is 18.2 Å². The van der Waals surface area contributed by atoms with Gasteiger partial charge in [0, 0.05) is 49.5 Å². The van der Waals surface area contributed by atoms with Gasteiger partial charge in [-0.2, -0.15) is 13.2 Å². The smallest absolute Gasteiger partial charge is 0.417 e. The third-order valence-electron chi connectivity index (χ3n) is 7.73. The summed E-state index contributed by atoms with van der Waals surface area (Å²) in [5.41, 5.74) is 2.00. The van der Waals surface area contributed by atoms with Gasteiger partial charge in [-0.15, -0.1) is 5.10 Å². The molecule has 210 valence electrons. The van der Waals surface area contributed by atoms with E-state index < -0.39 is 11.7 Å². The molecule has 0 amide bonds. The van der Waals surface area contributed by atoms with E-state index in [-0.39, 0.29) is 11.5 Å². The van der Waals surface area contributed by atoms with Crippen LogP contribution in [0.2, 0.25) is 0 Å². The predicted octanol–water partition coefficient (Wildman–Crippen LogP) is 5.47. The second kappa shape index (κ2) is 11.0. The quantitative estimate of drug-likeness (QED) is 0.340. The zero-order chi connectivity index (χ0) is 27.7. The Morgan fingerprint density at radius 2 is 1.75 bits per heavy atom. The summed E-state index contributed by atoms with van der Waals surface area (Å²) in [6.07, 6.45) is -0.698. The molecule has 40 heavy (non-hydrogen) atoms. The molecular weight excluding hydrogens is 521 g/mol. The number of hydrogen-bond donors (Lipinski definition) is 1. The number of hydrogen-bond acceptors (Lipinski definition) is 7. The molecule has 6 rings (SSSR count). The van der Waals surface area contributed by atoms with Crippen LogP contribution in [0.3, 0.4) is 0 Å². The molecule has 11 heteroatoms. The number of aromatic nitrogens is 3. The van der Waals surface area contributed by atoms with Crippen LogP contribution in [0.4, 0.5) is 30.5 Å². The van der Waals surface area contributed by atoms with Crippen LogP contribution in [0.25, 0.3) is 16.8 Å². The summed E-state index contributed by atoms with van der Waals surface area (Å²) >= 11 is 0. The lowest BCUT2D eigenvalue weighted by molar-refractivity contribution is -0.137. The normalized spacial score (nSPS) is 17.4. The fourth-order valence-corrected chi connectivity index (χ4v) is 5.65. The lowest BCUT2D eigenvalue weighted by Crippen LogP contribution is -2.49. The number of fused-ring (bicyclic) bond motifs is 1. The van der Waals surface area contributed by atoms with Crippen molar-refractivity contribution in [1.82, 2.24) is 19.5 Å². The molecule has 0 atom stereocenters. The summed E-state index contributed by atoms with van der Waals surface area (Å²) in [4.78, 5) is 9.29. The molecule has 0 aliphatic carbocycles. The minimum atomic E-state index is -4.48. The second-order valence-corrected chi connectivity index (χ2v) is 10.1. The van der Waals surface area contributed by atoms with Gasteiger partial charge in [0.05, 0.1) is 49.0 Å². The van der Waals surface area contributed by atoms with Crippen LogP contribution in [-0.2, 0) is 10.9 Å². The monoisotopic (exact) mass is 552 g/mol. The van der Waals surface area contributed by atoms with Crippen LogP contribution in [-0.4, -0.2) is 72.0 Å². The number of alkyl halides is 3. The second-order valence-electron chi connectivity index (χ2n) is 10.1. The number of halogens is 3. The van der Waals surface area contributed by atoms with Crippen molar-refractivity contribution in [3.8, 4) is 17.0 Å². The molecule has 2 aromatic carbocycles. The zero-order valence-corrected chi connectivity index (χ0v) is 22.2. The van der Waals surface area contributed by atoms with Crippen LogP contribution in [0.1, 0.15) is 18.4 Å². The maximum absolute atomic E-state index is 13.7. The van der Waals surface area contributed by atoms with Crippen LogP contribution in [0, 0.1) is 0 Å². The van der Waals surface area contributed by atoms with E-state index in [0.29, 0.717) is 28.7 Å². The number of ether oxygens (including phenoxy) is 2. The van der Waals surface area contributed by atoms with E-state index in [1.54, 1.807) is 31.5 Å². The van der Waals surface area contributed by atoms with Crippen LogP contribution >= 0.6 is 0 Å². The van der Waals surface area contributed by atoms with Gasteiger partial charge in [-0.25, -0.2) is 9.50 Å². The molecule has 2 saturated heterocycles. The van der Waals surface area contributed by atoms with Crippen LogP contribution in [0.5, 0.6) is 5.75 Å². The highest BCUT2D eigenvalue weighted by Gasteiger charge is 2.34. The first-order valence-corrected chi connectivity index (χ1v) is 13.4. The van der Waals surface area contributed by atoms with Crippen molar-refractivity contribution < 1.29 is 22.6 Å². The number of rotatable bonds is 6. The van der Waals surface area contributed by atoms with Crippen molar-refractivity contribution in [2.45, 2.75) is 25.1 Å². The highest BCUT2D eigenvalue weighted by Crippen LogP contribution is 2.38. The fourth-order valence-electron chi connectivity index (χ4n) is 5.65. The van der Waals surface area contributed by atoms with Crippen molar-refractivity contribution in [3.63, 3.8) is 0 Å². The summed E-state index contributed by atoms with van der Waals surface area (Å²) < 4.78 is 53.7. The van der Waals surface area contributed by atoms with Gasteiger partial charge >= 0.3 is 6.18 Å². The highest BCUT2D eigenvalue weighted by atomic mass is 19.4. The van der Waals surface area contributed by atoms with Crippen molar-refractivity contribution >= 4 is 22.8 Å². The van der Waals surface area contributed by atoms with Crippen LogP contribution < -0.4 is 15.0 Å². The highest BCUT2D eigenvalue weighted by molar-refractivity contribution is 5.71. The van der Waals surface area contributed by atoms with Crippen molar-refractivity contribution in [2.24, 2.45) is 0 Å². The summed E-state index contributed by atoms with van der Waals surface area (Å²) in [6, 6.07) is 15.4. The van der Waals surface area contributed by atoms with E-state index in [2.05, 4.69) is 25.2 Å². The molecule has 1 N–H and O–H groups in total. The number of methoxy groups -OCH3 is 1. The third-order valence-corrected chi connectivity index (χ3v) is 7.73. The van der Waals surface area contributed by atoms with E-state index in [1.165, 1.54) is 16.6 Å². The SMILES string of the molecule is COc1cc(N2CCC(N3CCOCC3)CC2)ccc1Nc1ncc2ccc(-c3ccccc3C(F)(F)F)n2n1. The molecule has 0 unspecified atom stereocenters. The Labute approximate surface area is 230 Å². The molecule has 2 aliphatic rings. The lowest BCUT2D eigenvalue weighted by Gasteiger charge is -2.40. The summed E-state index contributed by atoms with van der Waals surface area (Å²) in [6.45, 7) is 5.57. The molecule has 2 fully saturated rings. The van der Waals surface area contributed by atoms with Crippen molar-refractivity contribution in [1.29, 1.82) is 0 Å². The van der Waals surface area contributed by atoms with E-state index >= 15 is 0 Å². The molecule has 4 aromatic rings. The Balaban J connectivity index is 1.21. The lowest BCUT2D eigenvalue weighted by atomic mass is 10.0. The molecule has 2 aromatic heterocycles. The topological polar surface area (TPSA) is 67.2 Å². The molecule has 0 bridgehead atoms. The Morgan fingerprint density at radius 3 is 2.50 bits per heavy atom. The van der Waals surface area contributed by atoms with Gasteiger partial charge < -0.3 is 19.7 Å². The number of morpholine rings is 1. The predicted molar refractivity (Wildman–Crippen MR) is 147 cm³/mol. The molecule has 0 saturated carbocycles. The fraction of sp³-hybridized carbons (Fsp3) is 0.379. The zero-order valence-electron chi connectivity index (χ0n) is 22.2. The third kappa shape index (κ3) is 5.31. The first-order valence-electron chi connectivity index (χ1n) is 13.4. The number of benzene rings is 2. The Hall–Kier alpha value is -3.83. The van der Waals surface area contributed by atoms with Gasteiger partial charge in [0.1, 0.15) is 5.75 Å². The van der Waals surface area contributed by atoms with Crippen molar-refractivity contribution in [3.05, 3.63) is 66.4 Å². The van der Waals surface area contributed by atoms with E-state index in [4.69, 9.17) is 9.47 Å². The minimum Gasteiger partial charge on any atom is -0.494 e. The molecule has 8 nitrogen and oxygen atoms in total. The minimum absolute atomic E-state index is 0.0546. The standard InChI is InChI=1S/C29H31F3N6O2/c1-39-27-18-21(36-12-10-20(11-13-36)37-14-16-40-17-15-37)6-8-25(27)34-28-33-19-22-7-9-26(38(22)35-28)23-4-2-3-5-24(23)29(30,31)32/h2-9,18-20H,10-17H2,1H3,(H,34,35). The molecule has 4 heterocycles. The summed E-state index contributed by atoms with van der Waals surface area (Å²) in [7, 11) is 1.61. The first kappa shape index (κ1) is 26.4. The summed E-state index contributed by atoms with van der Waals surface area (Å²) in [5.74, 6) is 0.874. The van der Waals surface area contributed by atoms with Gasteiger partial charge in [-0.05, 0) is 43.2 Å². The molecule has 2 aliphatic heterocycles. The van der Waals surface area contributed by atoms with Crippen LogP contribution in [0.15, 0.2) is 60.8 Å². The average molecular weight is 553 g/mol. The Bertz CT molecular complexity index is 1480. The van der Waals surface area contributed by atoms with Gasteiger partial charge in [-0.3, -0.25) is 4.90 Å². The molecule has 0 spiro atoms. The van der Waals surface area contributed by atoms with E-state index in [0.717, 1.165) is 64.0 Å². The van der Waals surface area contributed by atoms with Gasteiger partial charge in [0.2, 0.25) is 5.95 Å². The average Bonchev–Trinajstić information content (AvgIpc) is 3.41. The van der Waals surface area contributed by atoms with E-state index in [9.17, 15) is 13.2 Å². The molecule has 0 radical (unpaired) electrons. The maximum atomic E-state index is 13.7. The largest absolute Gasteiger partial charge is 0.494 e. The number of nitrogens with one attached hydrogen (secondary N) is 1.